The zero-order valence-electron chi connectivity index (χ0n) is 14.4. The minimum atomic E-state index is -1.36. The lowest BCUT2D eigenvalue weighted by Gasteiger charge is -2.28. The summed E-state index contributed by atoms with van der Waals surface area (Å²) >= 11 is 0. The van der Waals surface area contributed by atoms with Crippen molar-refractivity contribution in [3.63, 3.8) is 0 Å². The summed E-state index contributed by atoms with van der Waals surface area (Å²) in [5, 5.41) is 0. The molecule has 0 nitrogen and oxygen atoms in total. The van der Waals surface area contributed by atoms with Gasteiger partial charge in [-0.05, 0) is 79.9 Å². The van der Waals surface area contributed by atoms with Crippen molar-refractivity contribution in [3.05, 3.63) is 47.3 Å². The summed E-state index contributed by atoms with van der Waals surface area (Å²) in [5.74, 6) is -1.17. The van der Waals surface area contributed by atoms with E-state index in [1.54, 1.807) is 0 Å². The van der Waals surface area contributed by atoms with Gasteiger partial charge in [-0.3, -0.25) is 0 Å². The summed E-state index contributed by atoms with van der Waals surface area (Å²) in [4.78, 5) is 0. The van der Waals surface area contributed by atoms with E-state index in [9.17, 15) is 13.2 Å². The average molecular weight is 336 g/mol. The molecule has 0 atom stereocenters. The lowest BCUT2D eigenvalue weighted by molar-refractivity contribution is 0.326. The number of halogens is 3. The highest BCUT2D eigenvalue weighted by Crippen LogP contribution is 2.38. The van der Waals surface area contributed by atoms with E-state index in [1.165, 1.54) is 37.8 Å². The third-order valence-corrected chi connectivity index (χ3v) is 5.97. The van der Waals surface area contributed by atoms with E-state index in [4.69, 9.17) is 0 Å². The first kappa shape index (κ1) is 17.6. The van der Waals surface area contributed by atoms with Crippen LogP contribution in [0.1, 0.15) is 69.8 Å². The smallest absolute Gasteiger partial charge is 0.194 e. The summed E-state index contributed by atoms with van der Waals surface area (Å²) < 4.78 is 39.9. The van der Waals surface area contributed by atoms with Crippen LogP contribution in [0.25, 0.3) is 0 Å². The predicted octanol–water partition coefficient (Wildman–Crippen LogP) is 6.76. The average Bonchev–Trinajstić information content (AvgIpc) is 2.59. The van der Waals surface area contributed by atoms with Crippen LogP contribution in [-0.2, 0) is 0 Å². The normalized spacial score (nSPS) is 31.5. The summed E-state index contributed by atoms with van der Waals surface area (Å²) in [5.41, 5.74) is 0.607. The van der Waals surface area contributed by atoms with Crippen molar-refractivity contribution in [1.82, 2.24) is 0 Å². The molecule has 132 valence electrons. The second-order valence-electron chi connectivity index (χ2n) is 7.82. The first-order valence-corrected chi connectivity index (χ1v) is 9.35. The van der Waals surface area contributed by atoms with Crippen LogP contribution >= 0.6 is 0 Å². The number of hydrogen-bond donors (Lipinski definition) is 0. The third kappa shape index (κ3) is 4.23. The maximum absolute atomic E-state index is 13.4. The Morgan fingerprint density at radius 1 is 0.750 bits per heavy atom. The number of rotatable bonds is 3. The Labute approximate surface area is 143 Å². The van der Waals surface area contributed by atoms with E-state index in [0.717, 1.165) is 37.5 Å². The SMILES string of the molecule is CC1CCC(/C=C/C2CCC(c3cc(F)c(F)c(F)c3)CC2)CC1. The van der Waals surface area contributed by atoms with Crippen molar-refractivity contribution in [1.29, 1.82) is 0 Å². The van der Waals surface area contributed by atoms with Crippen molar-refractivity contribution in [2.75, 3.05) is 0 Å². The molecular formula is C21H27F3. The van der Waals surface area contributed by atoms with Gasteiger partial charge in [0, 0.05) is 0 Å². The molecule has 0 unspecified atom stereocenters. The Bertz CT molecular complexity index is 554. The zero-order valence-corrected chi connectivity index (χ0v) is 14.4. The molecule has 0 bridgehead atoms. The van der Waals surface area contributed by atoms with Crippen LogP contribution in [0.5, 0.6) is 0 Å². The van der Waals surface area contributed by atoms with Gasteiger partial charge in [0.15, 0.2) is 17.5 Å². The molecule has 0 aromatic heterocycles. The molecule has 0 radical (unpaired) electrons. The minimum absolute atomic E-state index is 0.148. The Morgan fingerprint density at radius 2 is 1.21 bits per heavy atom. The van der Waals surface area contributed by atoms with Gasteiger partial charge in [0.05, 0.1) is 0 Å². The highest BCUT2D eigenvalue weighted by Gasteiger charge is 2.24. The Morgan fingerprint density at radius 3 is 1.71 bits per heavy atom. The van der Waals surface area contributed by atoms with Crippen LogP contribution in [0.2, 0.25) is 0 Å². The molecule has 2 aliphatic carbocycles. The van der Waals surface area contributed by atoms with Gasteiger partial charge in [0.1, 0.15) is 0 Å². The van der Waals surface area contributed by atoms with E-state index in [-0.39, 0.29) is 5.92 Å². The highest BCUT2D eigenvalue weighted by molar-refractivity contribution is 5.23. The lowest BCUT2D eigenvalue weighted by Crippen LogP contribution is -2.14. The second kappa shape index (κ2) is 7.76. The number of allylic oxidation sites excluding steroid dienone is 2. The topological polar surface area (TPSA) is 0 Å². The fourth-order valence-corrected chi connectivity index (χ4v) is 4.25. The summed E-state index contributed by atoms with van der Waals surface area (Å²) in [6.07, 6.45) is 14.0. The van der Waals surface area contributed by atoms with Crippen LogP contribution in [0.3, 0.4) is 0 Å². The van der Waals surface area contributed by atoms with Gasteiger partial charge < -0.3 is 0 Å². The molecule has 0 saturated heterocycles. The quantitative estimate of drug-likeness (QED) is 0.422. The van der Waals surface area contributed by atoms with E-state index in [1.807, 2.05) is 0 Å². The monoisotopic (exact) mass is 336 g/mol. The standard InChI is InChI=1S/C21H27F3/c1-14-2-4-15(5-3-14)6-7-16-8-10-17(11-9-16)18-12-19(22)21(24)20(23)13-18/h6-7,12-17H,2-5,8-11H2,1H3/b7-6+. The molecule has 3 rings (SSSR count). The first-order chi connectivity index (χ1) is 11.5. The minimum Gasteiger partial charge on any atom is -0.204 e. The predicted molar refractivity (Wildman–Crippen MR) is 91.3 cm³/mol. The summed E-state index contributed by atoms with van der Waals surface area (Å²) in [6.45, 7) is 2.34. The van der Waals surface area contributed by atoms with Gasteiger partial charge in [-0.15, -0.1) is 0 Å². The molecule has 0 amide bonds. The number of benzene rings is 1. The van der Waals surface area contributed by atoms with Crippen LogP contribution < -0.4 is 0 Å². The first-order valence-electron chi connectivity index (χ1n) is 9.35. The van der Waals surface area contributed by atoms with Crippen LogP contribution in [0.4, 0.5) is 13.2 Å². The lowest BCUT2D eigenvalue weighted by atomic mass is 9.77. The van der Waals surface area contributed by atoms with E-state index < -0.39 is 17.5 Å². The Hall–Kier alpha value is -1.25. The molecule has 2 aliphatic rings. The molecule has 24 heavy (non-hydrogen) atoms. The molecule has 0 aliphatic heterocycles. The fourth-order valence-electron chi connectivity index (χ4n) is 4.25. The fraction of sp³-hybridized carbons (Fsp3) is 0.619. The maximum Gasteiger partial charge on any atom is 0.194 e. The van der Waals surface area contributed by atoms with Gasteiger partial charge in [0.25, 0.3) is 0 Å². The molecule has 2 saturated carbocycles. The van der Waals surface area contributed by atoms with Gasteiger partial charge in [-0.2, -0.15) is 0 Å². The van der Waals surface area contributed by atoms with E-state index in [0.29, 0.717) is 11.5 Å². The third-order valence-electron chi connectivity index (χ3n) is 5.97. The molecule has 0 spiro atoms. The van der Waals surface area contributed by atoms with Crippen molar-refractivity contribution in [3.8, 4) is 0 Å². The van der Waals surface area contributed by atoms with E-state index in [2.05, 4.69) is 19.1 Å². The maximum atomic E-state index is 13.4. The highest BCUT2D eigenvalue weighted by atomic mass is 19.2. The summed E-state index contributed by atoms with van der Waals surface area (Å²) in [6, 6.07) is 2.34. The second-order valence-corrected chi connectivity index (χ2v) is 7.82. The number of hydrogen-bond acceptors (Lipinski definition) is 0. The van der Waals surface area contributed by atoms with Gasteiger partial charge >= 0.3 is 0 Å². The van der Waals surface area contributed by atoms with Crippen molar-refractivity contribution < 1.29 is 13.2 Å². The van der Waals surface area contributed by atoms with Crippen LogP contribution in [0.15, 0.2) is 24.3 Å². The molecule has 1 aromatic carbocycles. The summed E-state index contributed by atoms with van der Waals surface area (Å²) in [7, 11) is 0. The molecule has 3 heteroatoms. The molecule has 1 aromatic rings. The Balaban J connectivity index is 1.52. The molecular weight excluding hydrogens is 309 g/mol. The molecule has 2 fully saturated rings. The van der Waals surface area contributed by atoms with Crippen molar-refractivity contribution >= 4 is 0 Å². The molecule has 0 heterocycles. The van der Waals surface area contributed by atoms with Crippen molar-refractivity contribution in [2.45, 2.75) is 64.2 Å². The van der Waals surface area contributed by atoms with Crippen LogP contribution in [0, 0.1) is 35.2 Å². The van der Waals surface area contributed by atoms with Crippen molar-refractivity contribution in [2.24, 2.45) is 17.8 Å². The molecule has 0 N–H and O–H groups in total. The van der Waals surface area contributed by atoms with Gasteiger partial charge in [-0.25, -0.2) is 13.2 Å². The van der Waals surface area contributed by atoms with Gasteiger partial charge in [0.2, 0.25) is 0 Å². The van der Waals surface area contributed by atoms with E-state index >= 15 is 0 Å². The van der Waals surface area contributed by atoms with Crippen LogP contribution in [-0.4, -0.2) is 0 Å². The largest absolute Gasteiger partial charge is 0.204 e. The van der Waals surface area contributed by atoms with Gasteiger partial charge in [-0.1, -0.05) is 31.9 Å². The Kier molecular flexibility index (Phi) is 5.68. The zero-order chi connectivity index (χ0) is 17.1.